The summed E-state index contributed by atoms with van der Waals surface area (Å²) in [5.74, 6) is 0.301. The summed E-state index contributed by atoms with van der Waals surface area (Å²) in [6.45, 7) is 2.99. The smallest absolute Gasteiger partial charge is 0.227 e. The van der Waals surface area contributed by atoms with Gasteiger partial charge in [0.15, 0.2) is 0 Å². The van der Waals surface area contributed by atoms with E-state index in [0.29, 0.717) is 18.4 Å². The maximum absolute atomic E-state index is 12.4. The Hall–Kier alpha value is -1.35. The Morgan fingerprint density at radius 1 is 1.15 bits per heavy atom. The van der Waals surface area contributed by atoms with Crippen LogP contribution in [0.25, 0.3) is 0 Å². The molecule has 2 heterocycles. The van der Waals surface area contributed by atoms with Gasteiger partial charge in [-0.2, -0.15) is 0 Å². The quantitative estimate of drug-likeness (QED) is 0.917. The third-order valence-corrected chi connectivity index (χ3v) is 4.54. The molecule has 0 bridgehead atoms. The summed E-state index contributed by atoms with van der Waals surface area (Å²) < 4.78 is 0. The lowest BCUT2D eigenvalue weighted by atomic mass is 9.96. The third kappa shape index (κ3) is 3.04. The van der Waals surface area contributed by atoms with Crippen LogP contribution in [0.1, 0.15) is 49.3 Å². The second-order valence-corrected chi connectivity index (χ2v) is 5.97. The number of amides is 1. The molecule has 1 unspecified atom stereocenters. The van der Waals surface area contributed by atoms with Crippen molar-refractivity contribution in [2.24, 2.45) is 0 Å². The molecular formula is C17H24N2O. The Balaban J connectivity index is 1.71. The normalized spacial score (nSPS) is 23.0. The summed E-state index contributed by atoms with van der Waals surface area (Å²) in [5.41, 5.74) is 2.54. The Morgan fingerprint density at radius 3 is 2.70 bits per heavy atom. The number of carbonyl (C=O) groups excluding carboxylic acids is 1. The number of hydrogen-bond acceptors (Lipinski definition) is 2. The number of nitrogens with zero attached hydrogens (tertiary/aromatic N) is 1. The van der Waals surface area contributed by atoms with Crippen LogP contribution >= 0.6 is 0 Å². The molecule has 1 N–H and O–H groups in total. The lowest BCUT2D eigenvalue weighted by molar-refractivity contribution is -0.131. The molecule has 1 aromatic carbocycles. The van der Waals surface area contributed by atoms with E-state index in [2.05, 4.69) is 29.6 Å². The molecule has 20 heavy (non-hydrogen) atoms. The van der Waals surface area contributed by atoms with Gasteiger partial charge in [-0.3, -0.25) is 4.79 Å². The van der Waals surface area contributed by atoms with Crippen LogP contribution in [0.15, 0.2) is 24.3 Å². The number of nitrogens with one attached hydrogen (secondary N) is 1. The maximum Gasteiger partial charge on any atom is 0.227 e. The Kier molecular flexibility index (Phi) is 4.36. The first kappa shape index (κ1) is 13.6. The van der Waals surface area contributed by atoms with E-state index >= 15 is 0 Å². The van der Waals surface area contributed by atoms with Crippen molar-refractivity contribution >= 4 is 5.91 Å². The Bertz CT molecular complexity index is 460. The summed E-state index contributed by atoms with van der Waals surface area (Å²) in [5, 5.41) is 3.54. The predicted octanol–water partition coefficient (Wildman–Crippen LogP) is 2.67. The van der Waals surface area contributed by atoms with Crippen molar-refractivity contribution in [3.63, 3.8) is 0 Å². The van der Waals surface area contributed by atoms with E-state index in [4.69, 9.17) is 0 Å². The van der Waals surface area contributed by atoms with Crippen molar-refractivity contribution in [3.05, 3.63) is 35.4 Å². The molecule has 0 spiro atoms. The van der Waals surface area contributed by atoms with Gasteiger partial charge in [0.2, 0.25) is 5.91 Å². The fourth-order valence-corrected chi connectivity index (χ4v) is 3.40. The second kappa shape index (κ2) is 6.40. The van der Waals surface area contributed by atoms with Gasteiger partial charge in [0.1, 0.15) is 0 Å². The molecule has 0 saturated carbocycles. The number of piperidine rings is 1. The van der Waals surface area contributed by atoms with Crippen LogP contribution in [0.2, 0.25) is 0 Å². The number of hydrogen-bond donors (Lipinski definition) is 1. The predicted molar refractivity (Wildman–Crippen MR) is 80.6 cm³/mol. The highest BCUT2D eigenvalue weighted by atomic mass is 16.2. The molecule has 1 aromatic rings. The van der Waals surface area contributed by atoms with Gasteiger partial charge in [0.05, 0.1) is 6.42 Å². The SMILES string of the molecule is O=C(Cc1ccccc1C1CCCN1)N1CCCCC1. The first-order chi connectivity index (χ1) is 9.84. The summed E-state index contributed by atoms with van der Waals surface area (Å²) in [6.07, 6.45) is 6.59. The van der Waals surface area contributed by atoms with Crippen LogP contribution in [-0.2, 0) is 11.2 Å². The molecule has 0 aliphatic carbocycles. The van der Waals surface area contributed by atoms with Gasteiger partial charge in [-0.1, -0.05) is 24.3 Å². The first-order valence-electron chi connectivity index (χ1n) is 7.93. The number of benzene rings is 1. The largest absolute Gasteiger partial charge is 0.342 e. The number of carbonyl (C=O) groups is 1. The number of likely N-dealkylation sites (tertiary alicyclic amines) is 1. The molecule has 2 fully saturated rings. The zero-order valence-electron chi connectivity index (χ0n) is 12.1. The molecule has 0 aromatic heterocycles. The molecule has 2 saturated heterocycles. The van der Waals surface area contributed by atoms with Crippen LogP contribution < -0.4 is 5.32 Å². The topological polar surface area (TPSA) is 32.3 Å². The van der Waals surface area contributed by atoms with Crippen LogP contribution in [0.4, 0.5) is 0 Å². The molecule has 2 aliphatic heterocycles. The zero-order valence-corrected chi connectivity index (χ0v) is 12.1. The van der Waals surface area contributed by atoms with E-state index in [-0.39, 0.29) is 0 Å². The van der Waals surface area contributed by atoms with Crippen molar-refractivity contribution in [1.82, 2.24) is 10.2 Å². The van der Waals surface area contributed by atoms with Gasteiger partial charge >= 0.3 is 0 Å². The monoisotopic (exact) mass is 272 g/mol. The minimum absolute atomic E-state index is 0.301. The molecule has 3 nitrogen and oxygen atoms in total. The van der Waals surface area contributed by atoms with Gasteiger partial charge in [-0.05, 0) is 49.8 Å². The first-order valence-corrected chi connectivity index (χ1v) is 7.93. The summed E-state index contributed by atoms with van der Waals surface area (Å²) in [7, 11) is 0. The van der Waals surface area contributed by atoms with Crippen LogP contribution in [0.3, 0.4) is 0 Å². The van der Waals surface area contributed by atoms with E-state index in [9.17, 15) is 4.79 Å². The van der Waals surface area contributed by atoms with Crippen LogP contribution in [0.5, 0.6) is 0 Å². The van der Waals surface area contributed by atoms with Gasteiger partial charge < -0.3 is 10.2 Å². The van der Waals surface area contributed by atoms with Crippen LogP contribution in [0, 0.1) is 0 Å². The minimum atomic E-state index is 0.301. The van der Waals surface area contributed by atoms with Crippen molar-refractivity contribution in [2.75, 3.05) is 19.6 Å². The zero-order chi connectivity index (χ0) is 13.8. The van der Waals surface area contributed by atoms with Crippen molar-refractivity contribution < 1.29 is 4.79 Å². The van der Waals surface area contributed by atoms with Crippen molar-refractivity contribution in [3.8, 4) is 0 Å². The highest BCUT2D eigenvalue weighted by Crippen LogP contribution is 2.26. The molecular weight excluding hydrogens is 248 g/mol. The standard InChI is InChI=1S/C17H24N2O/c20-17(19-11-4-1-5-12-19)13-14-7-2-3-8-15(14)16-9-6-10-18-16/h2-3,7-8,16,18H,1,4-6,9-13H2. The molecule has 2 aliphatic rings. The fraction of sp³-hybridized carbons (Fsp3) is 0.588. The highest BCUT2D eigenvalue weighted by Gasteiger charge is 2.22. The van der Waals surface area contributed by atoms with Gasteiger partial charge in [0, 0.05) is 19.1 Å². The summed E-state index contributed by atoms with van der Waals surface area (Å²) in [4.78, 5) is 14.5. The van der Waals surface area contributed by atoms with E-state index in [0.717, 1.165) is 32.5 Å². The Morgan fingerprint density at radius 2 is 1.95 bits per heavy atom. The van der Waals surface area contributed by atoms with E-state index < -0.39 is 0 Å². The summed E-state index contributed by atoms with van der Waals surface area (Å²) in [6, 6.07) is 8.89. The average molecular weight is 272 g/mol. The lowest BCUT2D eigenvalue weighted by Gasteiger charge is -2.27. The average Bonchev–Trinajstić information content (AvgIpc) is 3.03. The maximum atomic E-state index is 12.4. The van der Waals surface area contributed by atoms with Gasteiger partial charge in [0.25, 0.3) is 0 Å². The molecule has 108 valence electrons. The molecule has 1 atom stereocenters. The molecule has 1 amide bonds. The van der Waals surface area contributed by atoms with Crippen molar-refractivity contribution in [1.29, 1.82) is 0 Å². The van der Waals surface area contributed by atoms with Crippen LogP contribution in [-0.4, -0.2) is 30.4 Å². The summed E-state index contributed by atoms with van der Waals surface area (Å²) >= 11 is 0. The fourth-order valence-electron chi connectivity index (χ4n) is 3.40. The Labute approximate surface area is 121 Å². The minimum Gasteiger partial charge on any atom is -0.342 e. The number of rotatable bonds is 3. The van der Waals surface area contributed by atoms with Gasteiger partial charge in [-0.15, -0.1) is 0 Å². The molecule has 0 radical (unpaired) electrons. The van der Waals surface area contributed by atoms with E-state index in [1.54, 1.807) is 0 Å². The molecule has 3 heteroatoms. The molecule has 3 rings (SSSR count). The highest BCUT2D eigenvalue weighted by molar-refractivity contribution is 5.79. The second-order valence-electron chi connectivity index (χ2n) is 5.97. The van der Waals surface area contributed by atoms with E-state index in [1.807, 2.05) is 4.90 Å². The lowest BCUT2D eigenvalue weighted by Crippen LogP contribution is -2.36. The van der Waals surface area contributed by atoms with Gasteiger partial charge in [-0.25, -0.2) is 0 Å². The third-order valence-electron chi connectivity index (χ3n) is 4.54. The van der Waals surface area contributed by atoms with E-state index in [1.165, 1.54) is 30.4 Å². The van der Waals surface area contributed by atoms with Crippen molar-refractivity contribution in [2.45, 2.75) is 44.6 Å².